The van der Waals surface area contributed by atoms with Crippen molar-refractivity contribution in [1.29, 1.82) is 0 Å². The van der Waals surface area contributed by atoms with Gasteiger partial charge in [0, 0.05) is 31.2 Å². The first-order valence-electron chi connectivity index (χ1n) is 8.96. The number of nitrogens with one attached hydrogen (secondary N) is 2. The number of aliphatic imine (C=N–C) groups is 1. The van der Waals surface area contributed by atoms with Crippen LogP contribution in [0, 0.1) is 0 Å². The van der Waals surface area contributed by atoms with Gasteiger partial charge in [-0.1, -0.05) is 18.2 Å². The van der Waals surface area contributed by atoms with E-state index in [1.807, 2.05) is 38.1 Å². The number of hydrogen-bond acceptors (Lipinski definition) is 3. The fraction of sp³-hybridized carbons (Fsp3) is 0.611. The molecule has 0 radical (unpaired) electrons. The van der Waals surface area contributed by atoms with E-state index >= 15 is 0 Å². The molecule has 146 valence electrons. The summed E-state index contributed by atoms with van der Waals surface area (Å²) in [6, 6.07) is 7.66. The number of guanidine groups is 1. The summed E-state index contributed by atoms with van der Waals surface area (Å²) in [7, 11) is 0. The number of halogens is 3. The maximum atomic E-state index is 12.5. The van der Waals surface area contributed by atoms with E-state index in [2.05, 4.69) is 15.6 Å². The van der Waals surface area contributed by atoms with E-state index in [1.165, 1.54) is 4.90 Å². The van der Waals surface area contributed by atoms with Gasteiger partial charge < -0.3 is 15.4 Å². The molecule has 0 bridgehead atoms. The Kier molecular flexibility index (Phi) is 7.56. The smallest absolute Gasteiger partial charge is 0.401 e. The van der Waals surface area contributed by atoms with E-state index in [4.69, 9.17) is 4.74 Å². The molecule has 0 amide bonds. The third-order valence-electron chi connectivity index (χ3n) is 4.04. The van der Waals surface area contributed by atoms with Gasteiger partial charge in [-0.2, -0.15) is 13.2 Å². The number of likely N-dealkylation sites (tertiary alicyclic amines) is 1. The van der Waals surface area contributed by atoms with Crippen molar-refractivity contribution >= 4 is 5.96 Å². The molecule has 0 saturated carbocycles. The molecule has 1 aromatic carbocycles. The molecule has 0 aliphatic carbocycles. The van der Waals surface area contributed by atoms with E-state index in [-0.39, 0.29) is 6.04 Å². The molecule has 1 fully saturated rings. The average molecular weight is 372 g/mol. The Labute approximate surface area is 152 Å². The lowest BCUT2D eigenvalue weighted by Gasteiger charge is -2.20. The van der Waals surface area contributed by atoms with Gasteiger partial charge in [0.25, 0.3) is 0 Å². The van der Waals surface area contributed by atoms with E-state index in [0.29, 0.717) is 45.2 Å². The predicted octanol–water partition coefficient (Wildman–Crippen LogP) is 2.78. The second kappa shape index (κ2) is 9.66. The highest BCUT2D eigenvalue weighted by Crippen LogP contribution is 2.20. The third-order valence-corrected chi connectivity index (χ3v) is 4.04. The fourth-order valence-electron chi connectivity index (χ4n) is 2.96. The molecule has 2 rings (SSSR count). The minimum atomic E-state index is -4.16. The number of nitrogens with zero attached hydrogens (tertiary/aromatic N) is 2. The van der Waals surface area contributed by atoms with Crippen molar-refractivity contribution in [2.45, 2.75) is 39.0 Å². The molecule has 8 heteroatoms. The van der Waals surface area contributed by atoms with Gasteiger partial charge in [0.1, 0.15) is 5.75 Å². The van der Waals surface area contributed by atoms with E-state index in [1.54, 1.807) is 0 Å². The SMILES string of the molecule is CCNC(=NCc1ccccc1OCC)NC1CCN(CC(F)(F)F)C1. The molecule has 1 heterocycles. The second-order valence-corrected chi connectivity index (χ2v) is 6.22. The molecule has 1 aromatic rings. The zero-order valence-corrected chi connectivity index (χ0v) is 15.3. The summed E-state index contributed by atoms with van der Waals surface area (Å²) in [5.74, 6) is 1.41. The maximum absolute atomic E-state index is 12.5. The first-order valence-corrected chi connectivity index (χ1v) is 8.96. The number of alkyl halides is 3. The first kappa shape index (κ1) is 20.4. The summed E-state index contributed by atoms with van der Waals surface area (Å²) < 4.78 is 43.2. The molecule has 26 heavy (non-hydrogen) atoms. The number of benzene rings is 1. The highest BCUT2D eigenvalue weighted by atomic mass is 19.4. The van der Waals surface area contributed by atoms with Crippen LogP contribution in [0.2, 0.25) is 0 Å². The van der Waals surface area contributed by atoms with Crippen molar-refractivity contribution < 1.29 is 17.9 Å². The molecule has 2 N–H and O–H groups in total. The van der Waals surface area contributed by atoms with Crippen LogP contribution in [0.3, 0.4) is 0 Å². The van der Waals surface area contributed by atoms with Crippen LogP contribution in [0.1, 0.15) is 25.8 Å². The molecule has 1 atom stereocenters. The number of rotatable bonds is 7. The fourth-order valence-corrected chi connectivity index (χ4v) is 2.96. The summed E-state index contributed by atoms with van der Waals surface area (Å²) >= 11 is 0. The maximum Gasteiger partial charge on any atom is 0.401 e. The van der Waals surface area contributed by atoms with Gasteiger partial charge >= 0.3 is 6.18 Å². The van der Waals surface area contributed by atoms with Crippen molar-refractivity contribution in [3.05, 3.63) is 29.8 Å². The van der Waals surface area contributed by atoms with Crippen LogP contribution in [0.25, 0.3) is 0 Å². The number of ether oxygens (including phenoxy) is 1. The third kappa shape index (κ3) is 6.74. The Morgan fingerprint density at radius 2 is 2.08 bits per heavy atom. The van der Waals surface area contributed by atoms with Crippen LogP contribution in [0.4, 0.5) is 13.2 Å². The van der Waals surface area contributed by atoms with Gasteiger partial charge in [-0.3, -0.25) is 4.90 Å². The van der Waals surface area contributed by atoms with Gasteiger partial charge in [0.2, 0.25) is 0 Å². The summed E-state index contributed by atoms with van der Waals surface area (Å²) in [5, 5.41) is 6.40. The van der Waals surface area contributed by atoms with Crippen LogP contribution in [-0.4, -0.2) is 55.9 Å². The minimum Gasteiger partial charge on any atom is -0.494 e. The minimum absolute atomic E-state index is 0.0442. The van der Waals surface area contributed by atoms with Crippen molar-refractivity contribution in [3.8, 4) is 5.75 Å². The largest absolute Gasteiger partial charge is 0.494 e. The molecule has 0 spiro atoms. The van der Waals surface area contributed by atoms with Crippen LogP contribution in [-0.2, 0) is 6.54 Å². The highest BCUT2D eigenvalue weighted by Gasteiger charge is 2.34. The van der Waals surface area contributed by atoms with Gasteiger partial charge in [0.05, 0.1) is 19.7 Å². The molecule has 0 aromatic heterocycles. The van der Waals surface area contributed by atoms with Crippen molar-refractivity contribution in [2.75, 3.05) is 32.8 Å². The number of para-hydroxylation sites is 1. The summed E-state index contributed by atoms with van der Waals surface area (Å²) in [5.41, 5.74) is 0.969. The highest BCUT2D eigenvalue weighted by molar-refractivity contribution is 5.80. The van der Waals surface area contributed by atoms with E-state index < -0.39 is 12.7 Å². The lowest BCUT2D eigenvalue weighted by Crippen LogP contribution is -2.45. The van der Waals surface area contributed by atoms with Gasteiger partial charge in [-0.05, 0) is 26.3 Å². The average Bonchev–Trinajstić information content (AvgIpc) is 2.99. The zero-order chi connectivity index (χ0) is 19.0. The predicted molar refractivity (Wildman–Crippen MR) is 96.5 cm³/mol. The van der Waals surface area contributed by atoms with Gasteiger partial charge in [-0.15, -0.1) is 0 Å². The summed E-state index contributed by atoms with van der Waals surface area (Å²) in [4.78, 5) is 5.99. The van der Waals surface area contributed by atoms with Crippen molar-refractivity contribution in [2.24, 2.45) is 4.99 Å². The molecule has 1 aliphatic heterocycles. The molecule has 1 saturated heterocycles. The van der Waals surface area contributed by atoms with Crippen LogP contribution >= 0.6 is 0 Å². The molecule has 5 nitrogen and oxygen atoms in total. The quantitative estimate of drug-likeness (QED) is 0.571. The lowest BCUT2D eigenvalue weighted by atomic mass is 10.2. The standard InChI is InChI=1S/C18H27F3N4O/c1-3-22-17(23-11-14-7-5-6-8-16(14)26-4-2)24-15-9-10-25(12-15)13-18(19,20)21/h5-8,15H,3-4,9-13H2,1-2H3,(H2,22,23,24). The first-order chi connectivity index (χ1) is 12.4. The topological polar surface area (TPSA) is 48.9 Å². The normalized spacial score (nSPS) is 18.8. The van der Waals surface area contributed by atoms with Crippen LogP contribution in [0.15, 0.2) is 29.3 Å². The molecular formula is C18H27F3N4O. The van der Waals surface area contributed by atoms with E-state index in [9.17, 15) is 13.2 Å². The Morgan fingerprint density at radius 3 is 2.77 bits per heavy atom. The lowest BCUT2D eigenvalue weighted by molar-refractivity contribution is -0.143. The molecule has 1 aliphatic rings. The van der Waals surface area contributed by atoms with Crippen LogP contribution in [0.5, 0.6) is 5.75 Å². The summed E-state index contributed by atoms with van der Waals surface area (Å²) in [6.07, 6.45) is -3.49. The Morgan fingerprint density at radius 1 is 1.31 bits per heavy atom. The Hall–Kier alpha value is -1.96. The Balaban J connectivity index is 1.95. The second-order valence-electron chi connectivity index (χ2n) is 6.22. The van der Waals surface area contributed by atoms with E-state index in [0.717, 1.165) is 11.3 Å². The van der Waals surface area contributed by atoms with Gasteiger partial charge in [0.15, 0.2) is 5.96 Å². The zero-order valence-electron chi connectivity index (χ0n) is 15.3. The molecule has 1 unspecified atom stereocenters. The number of hydrogen-bond donors (Lipinski definition) is 2. The monoisotopic (exact) mass is 372 g/mol. The van der Waals surface area contributed by atoms with Crippen molar-refractivity contribution in [1.82, 2.24) is 15.5 Å². The summed E-state index contributed by atoms with van der Waals surface area (Å²) in [6.45, 7) is 5.51. The molecular weight excluding hydrogens is 345 g/mol. The van der Waals surface area contributed by atoms with Gasteiger partial charge in [-0.25, -0.2) is 4.99 Å². The Bertz CT molecular complexity index is 592. The van der Waals surface area contributed by atoms with Crippen molar-refractivity contribution in [3.63, 3.8) is 0 Å². The van der Waals surface area contributed by atoms with Crippen LogP contribution < -0.4 is 15.4 Å².